The summed E-state index contributed by atoms with van der Waals surface area (Å²) in [6.07, 6.45) is 3.70. The van der Waals surface area contributed by atoms with Crippen LogP contribution in [-0.2, 0) is 0 Å². The molecule has 0 spiro atoms. The van der Waals surface area contributed by atoms with Gasteiger partial charge in [-0.2, -0.15) is 0 Å². The SMILES string of the molecule is COc1ccc(C2CCN(CC(O)C3CCN(C(=O)S)CC3)CC2)cc1. The summed E-state index contributed by atoms with van der Waals surface area (Å²) in [4.78, 5) is 15.4. The molecular weight excluding hydrogens is 348 g/mol. The number of ether oxygens (including phenoxy) is 1. The number of likely N-dealkylation sites (tertiary alicyclic amines) is 2. The minimum Gasteiger partial charge on any atom is -0.497 e. The van der Waals surface area contributed by atoms with Crippen molar-refractivity contribution in [2.45, 2.75) is 37.7 Å². The Morgan fingerprint density at radius 1 is 1.15 bits per heavy atom. The normalized spacial score (nSPS) is 21.6. The van der Waals surface area contributed by atoms with Gasteiger partial charge in [-0.05, 0) is 68.3 Å². The van der Waals surface area contributed by atoms with Gasteiger partial charge in [0.1, 0.15) is 5.75 Å². The third-order valence-electron chi connectivity index (χ3n) is 5.97. The monoisotopic (exact) mass is 378 g/mol. The van der Waals surface area contributed by atoms with Crippen molar-refractivity contribution >= 4 is 17.9 Å². The molecule has 6 heteroatoms. The van der Waals surface area contributed by atoms with E-state index in [-0.39, 0.29) is 11.3 Å². The molecule has 1 N–H and O–H groups in total. The molecule has 26 heavy (non-hydrogen) atoms. The third kappa shape index (κ3) is 4.93. The zero-order chi connectivity index (χ0) is 18.5. The van der Waals surface area contributed by atoms with Crippen molar-refractivity contribution in [2.75, 3.05) is 39.8 Å². The highest BCUT2D eigenvalue weighted by Gasteiger charge is 2.29. The molecule has 2 saturated heterocycles. The summed E-state index contributed by atoms with van der Waals surface area (Å²) in [5.74, 6) is 1.79. The van der Waals surface area contributed by atoms with E-state index in [2.05, 4.69) is 29.7 Å². The molecule has 0 radical (unpaired) electrons. The van der Waals surface area contributed by atoms with E-state index in [0.717, 1.165) is 51.1 Å². The number of carbonyl (C=O) groups excluding carboxylic acids is 1. The van der Waals surface area contributed by atoms with E-state index in [4.69, 9.17) is 4.74 Å². The molecule has 1 aromatic carbocycles. The van der Waals surface area contributed by atoms with Crippen molar-refractivity contribution in [1.29, 1.82) is 0 Å². The van der Waals surface area contributed by atoms with Gasteiger partial charge in [0.15, 0.2) is 0 Å². The van der Waals surface area contributed by atoms with Crippen LogP contribution in [0.25, 0.3) is 0 Å². The first-order valence-corrected chi connectivity index (χ1v) is 10.0. The zero-order valence-electron chi connectivity index (χ0n) is 15.5. The number of thiol groups is 1. The van der Waals surface area contributed by atoms with Crippen LogP contribution in [-0.4, -0.2) is 66.1 Å². The molecule has 2 aliphatic rings. The van der Waals surface area contributed by atoms with E-state index in [0.29, 0.717) is 24.9 Å². The Balaban J connectivity index is 1.42. The second kappa shape index (κ2) is 9.11. The molecule has 2 aliphatic heterocycles. The minimum absolute atomic E-state index is 0.154. The van der Waals surface area contributed by atoms with Crippen LogP contribution in [0.2, 0.25) is 0 Å². The van der Waals surface area contributed by atoms with Crippen molar-refractivity contribution in [3.63, 3.8) is 0 Å². The molecule has 1 unspecified atom stereocenters. The fourth-order valence-electron chi connectivity index (χ4n) is 4.21. The van der Waals surface area contributed by atoms with Gasteiger partial charge in [0.05, 0.1) is 13.2 Å². The number of hydrogen-bond donors (Lipinski definition) is 2. The van der Waals surface area contributed by atoms with Crippen LogP contribution in [0.1, 0.15) is 37.2 Å². The van der Waals surface area contributed by atoms with Gasteiger partial charge in [-0.3, -0.25) is 4.79 Å². The van der Waals surface area contributed by atoms with Gasteiger partial charge in [0.2, 0.25) is 0 Å². The molecule has 3 rings (SSSR count). The summed E-state index contributed by atoms with van der Waals surface area (Å²) in [7, 11) is 1.69. The number of methoxy groups -OCH3 is 1. The summed E-state index contributed by atoms with van der Waals surface area (Å²) < 4.78 is 5.23. The summed E-state index contributed by atoms with van der Waals surface area (Å²) in [6, 6.07) is 8.41. The average Bonchev–Trinajstić information content (AvgIpc) is 2.68. The van der Waals surface area contributed by atoms with Crippen LogP contribution in [0.4, 0.5) is 4.79 Å². The lowest BCUT2D eigenvalue weighted by Crippen LogP contribution is -2.44. The van der Waals surface area contributed by atoms with Crippen LogP contribution in [0, 0.1) is 5.92 Å². The Kier molecular flexibility index (Phi) is 6.84. The highest BCUT2D eigenvalue weighted by atomic mass is 32.1. The van der Waals surface area contributed by atoms with Gasteiger partial charge in [-0.25, -0.2) is 0 Å². The summed E-state index contributed by atoms with van der Waals surface area (Å²) in [5.41, 5.74) is 1.38. The van der Waals surface area contributed by atoms with Gasteiger partial charge >= 0.3 is 0 Å². The highest BCUT2D eigenvalue weighted by molar-refractivity contribution is 7.96. The lowest BCUT2D eigenvalue weighted by atomic mass is 9.88. The number of benzene rings is 1. The molecule has 1 atom stereocenters. The van der Waals surface area contributed by atoms with Crippen molar-refractivity contribution in [2.24, 2.45) is 5.92 Å². The summed E-state index contributed by atoms with van der Waals surface area (Å²) in [6.45, 7) is 4.23. The predicted octanol–water partition coefficient (Wildman–Crippen LogP) is 3.00. The second-order valence-electron chi connectivity index (χ2n) is 7.52. The van der Waals surface area contributed by atoms with Crippen molar-refractivity contribution in [1.82, 2.24) is 9.80 Å². The Morgan fingerprint density at radius 2 is 1.77 bits per heavy atom. The number of rotatable bonds is 5. The fourth-order valence-corrected chi connectivity index (χ4v) is 4.41. The molecular formula is C20H30N2O3S. The topological polar surface area (TPSA) is 53.0 Å². The maximum Gasteiger partial charge on any atom is 0.278 e. The molecule has 0 saturated carbocycles. The number of amides is 1. The van der Waals surface area contributed by atoms with Crippen LogP contribution in [0.15, 0.2) is 24.3 Å². The molecule has 1 aromatic rings. The third-order valence-corrected chi connectivity index (χ3v) is 6.26. The molecule has 0 aromatic heterocycles. The molecule has 144 valence electrons. The molecule has 0 aliphatic carbocycles. The number of hydrogen-bond acceptors (Lipinski definition) is 4. The smallest absolute Gasteiger partial charge is 0.278 e. The van der Waals surface area contributed by atoms with Crippen molar-refractivity contribution < 1.29 is 14.6 Å². The fraction of sp³-hybridized carbons (Fsp3) is 0.650. The number of carbonyl (C=O) groups is 1. The Bertz CT molecular complexity index is 579. The van der Waals surface area contributed by atoms with Crippen LogP contribution in [0.3, 0.4) is 0 Å². The predicted molar refractivity (Wildman–Crippen MR) is 106 cm³/mol. The molecule has 5 nitrogen and oxygen atoms in total. The van der Waals surface area contributed by atoms with Crippen LogP contribution in [0.5, 0.6) is 5.75 Å². The van der Waals surface area contributed by atoms with Gasteiger partial charge in [0, 0.05) is 19.6 Å². The van der Waals surface area contributed by atoms with Crippen molar-refractivity contribution in [3.05, 3.63) is 29.8 Å². The first-order valence-electron chi connectivity index (χ1n) is 9.59. The van der Waals surface area contributed by atoms with Gasteiger partial charge in [-0.15, -0.1) is 0 Å². The molecule has 1 amide bonds. The van der Waals surface area contributed by atoms with E-state index >= 15 is 0 Å². The van der Waals surface area contributed by atoms with E-state index in [9.17, 15) is 9.90 Å². The minimum atomic E-state index is -0.301. The first-order chi connectivity index (χ1) is 12.6. The Morgan fingerprint density at radius 3 is 2.31 bits per heavy atom. The quantitative estimate of drug-likeness (QED) is 0.774. The second-order valence-corrected chi connectivity index (χ2v) is 7.91. The number of nitrogens with zero attached hydrogens (tertiary/aromatic N) is 2. The van der Waals surface area contributed by atoms with Crippen LogP contribution < -0.4 is 4.74 Å². The van der Waals surface area contributed by atoms with E-state index in [1.165, 1.54) is 5.56 Å². The highest BCUT2D eigenvalue weighted by Crippen LogP contribution is 2.30. The Labute approximate surface area is 161 Å². The standard InChI is InChI=1S/C20H30N2O3S/c1-25-18-4-2-15(3-5-18)16-6-10-21(11-7-16)14-19(23)17-8-12-22(13-9-17)20(24)26/h2-5,16-17,19,23H,6-14H2,1H3,(H,24,26). The van der Waals surface area contributed by atoms with Gasteiger partial charge < -0.3 is 19.6 Å². The van der Waals surface area contributed by atoms with Crippen LogP contribution >= 0.6 is 12.6 Å². The van der Waals surface area contributed by atoms with Gasteiger partial charge in [-0.1, -0.05) is 24.8 Å². The van der Waals surface area contributed by atoms with E-state index < -0.39 is 0 Å². The summed E-state index contributed by atoms with van der Waals surface area (Å²) >= 11 is 3.89. The average molecular weight is 379 g/mol. The number of aliphatic hydroxyl groups excluding tert-OH is 1. The van der Waals surface area contributed by atoms with E-state index in [1.54, 1.807) is 12.0 Å². The number of piperidine rings is 2. The van der Waals surface area contributed by atoms with Crippen molar-refractivity contribution in [3.8, 4) is 5.75 Å². The first kappa shape index (κ1) is 19.5. The molecule has 0 bridgehead atoms. The molecule has 2 fully saturated rings. The summed E-state index contributed by atoms with van der Waals surface area (Å²) in [5, 5.41) is 10.5. The largest absolute Gasteiger partial charge is 0.497 e. The lowest BCUT2D eigenvalue weighted by Gasteiger charge is -2.37. The zero-order valence-corrected chi connectivity index (χ0v) is 16.4. The number of β-amino-alcohol motifs (C(OH)–C–C–N with tert-alkyl or cyclic N) is 1. The van der Waals surface area contributed by atoms with Gasteiger partial charge in [0.25, 0.3) is 5.24 Å². The Hall–Kier alpha value is -1.24. The molecule has 2 heterocycles. The maximum absolute atomic E-state index is 11.3. The maximum atomic E-state index is 11.3. The number of aliphatic hydroxyl groups is 1. The lowest BCUT2D eigenvalue weighted by molar-refractivity contribution is 0.0322. The van der Waals surface area contributed by atoms with E-state index in [1.807, 2.05) is 12.1 Å².